The van der Waals surface area contributed by atoms with E-state index in [2.05, 4.69) is 0 Å². The largest absolute Gasteiger partial charge is 0.390 e. The minimum absolute atomic E-state index is 0.0289. The molecule has 0 bridgehead atoms. The van der Waals surface area contributed by atoms with E-state index < -0.39 is 39.9 Å². The highest BCUT2D eigenvalue weighted by Gasteiger charge is 2.31. The van der Waals surface area contributed by atoms with E-state index in [1.807, 2.05) is 0 Å². The average Bonchev–Trinajstić information content (AvgIpc) is 2.34. The van der Waals surface area contributed by atoms with Gasteiger partial charge in [-0.1, -0.05) is 6.07 Å². The van der Waals surface area contributed by atoms with Crippen LogP contribution in [0.25, 0.3) is 0 Å². The molecule has 2 N–H and O–H groups in total. The lowest BCUT2D eigenvalue weighted by atomic mass is 10.2. The Balaban J connectivity index is 2.98. The van der Waals surface area contributed by atoms with E-state index in [1.165, 1.54) is 6.07 Å². The number of halogens is 4. The lowest BCUT2D eigenvalue weighted by Gasteiger charge is -2.18. The zero-order valence-electron chi connectivity index (χ0n) is 10.6. The topological polar surface area (TPSA) is 63.4 Å². The summed E-state index contributed by atoms with van der Waals surface area (Å²) in [5.74, 6) is -1.04. The van der Waals surface area contributed by atoms with Crippen LogP contribution >= 0.6 is 0 Å². The van der Waals surface area contributed by atoms with Crippen molar-refractivity contribution in [2.24, 2.45) is 5.73 Å². The van der Waals surface area contributed by atoms with Crippen LogP contribution in [0, 0.1) is 5.82 Å². The minimum atomic E-state index is -4.48. The highest BCUT2D eigenvalue weighted by Crippen LogP contribution is 2.23. The summed E-state index contributed by atoms with van der Waals surface area (Å²) >= 11 is 0. The zero-order chi connectivity index (χ0) is 15.6. The first kappa shape index (κ1) is 16.9. The molecular formula is C11H14F4N2O2S. The minimum Gasteiger partial charge on any atom is -0.326 e. The Morgan fingerprint density at radius 2 is 1.90 bits per heavy atom. The molecule has 0 aliphatic heterocycles. The summed E-state index contributed by atoms with van der Waals surface area (Å²) in [6.45, 7) is -0.745. The van der Waals surface area contributed by atoms with Gasteiger partial charge in [-0.15, -0.1) is 0 Å². The van der Waals surface area contributed by atoms with Crippen molar-refractivity contribution in [1.82, 2.24) is 4.31 Å². The lowest BCUT2D eigenvalue weighted by Crippen LogP contribution is -2.31. The molecule has 1 rings (SSSR count). The second-order valence-corrected chi connectivity index (χ2v) is 6.17. The van der Waals surface area contributed by atoms with Crippen LogP contribution in [0.3, 0.4) is 0 Å². The molecule has 0 radical (unpaired) electrons. The Morgan fingerprint density at radius 1 is 1.30 bits per heavy atom. The summed E-state index contributed by atoms with van der Waals surface area (Å²) < 4.78 is 74.3. The van der Waals surface area contributed by atoms with Crippen LogP contribution in [0.2, 0.25) is 0 Å². The summed E-state index contributed by atoms with van der Waals surface area (Å²) in [5, 5.41) is 0. The van der Waals surface area contributed by atoms with Crippen LogP contribution in [0.1, 0.15) is 12.0 Å². The van der Waals surface area contributed by atoms with Crippen LogP contribution in [0.5, 0.6) is 0 Å². The third-order valence-corrected chi connectivity index (χ3v) is 4.52. The van der Waals surface area contributed by atoms with Gasteiger partial charge >= 0.3 is 6.18 Å². The maximum atomic E-state index is 13.7. The van der Waals surface area contributed by atoms with Gasteiger partial charge in [-0.3, -0.25) is 0 Å². The Bertz CT molecular complexity index is 572. The molecule has 1 aromatic rings. The van der Waals surface area contributed by atoms with Gasteiger partial charge in [-0.25, -0.2) is 17.1 Å². The maximum absolute atomic E-state index is 13.7. The molecule has 114 valence electrons. The zero-order valence-corrected chi connectivity index (χ0v) is 11.4. The Labute approximate surface area is 114 Å². The van der Waals surface area contributed by atoms with Crippen LogP contribution in [0.15, 0.2) is 23.1 Å². The van der Waals surface area contributed by atoms with Crippen molar-refractivity contribution in [3.63, 3.8) is 0 Å². The summed E-state index contributed by atoms with van der Waals surface area (Å²) in [6.07, 6.45) is -5.78. The van der Waals surface area contributed by atoms with E-state index in [-0.39, 0.29) is 6.54 Å². The SMILES string of the molecule is CN(CCC(F)(F)F)S(=O)(=O)c1ccc(CN)cc1F. The van der Waals surface area contributed by atoms with Gasteiger partial charge in [0.2, 0.25) is 10.0 Å². The smallest absolute Gasteiger partial charge is 0.326 e. The third kappa shape index (κ3) is 4.15. The van der Waals surface area contributed by atoms with Crippen molar-refractivity contribution in [3.05, 3.63) is 29.6 Å². The molecule has 0 fully saturated rings. The first-order chi connectivity index (χ1) is 9.08. The quantitative estimate of drug-likeness (QED) is 0.844. The molecule has 0 amide bonds. The van der Waals surface area contributed by atoms with Gasteiger partial charge in [0.15, 0.2) is 0 Å². The number of hydrogen-bond donors (Lipinski definition) is 1. The predicted octanol–water partition coefficient (Wildman–Crippen LogP) is 1.86. The van der Waals surface area contributed by atoms with Crippen molar-refractivity contribution < 1.29 is 26.0 Å². The molecule has 0 unspecified atom stereocenters. The Morgan fingerprint density at radius 3 is 2.35 bits per heavy atom. The molecule has 0 aliphatic rings. The van der Waals surface area contributed by atoms with Crippen molar-refractivity contribution in [2.45, 2.75) is 24.0 Å². The van der Waals surface area contributed by atoms with E-state index in [1.54, 1.807) is 0 Å². The molecule has 0 spiro atoms. The molecule has 1 aromatic carbocycles. The summed E-state index contributed by atoms with van der Waals surface area (Å²) in [4.78, 5) is -0.667. The molecule has 0 atom stereocenters. The molecule has 0 saturated carbocycles. The van der Waals surface area contributed by atoms with Gasteiger partial charge in [-0.05, 0) is 17.7 Å². The van der Waals surface area contributed by atoms with Crippen LogP contribution in [0.4, 0.5) is 17.6 Å². The van der Waals surface area contributed by atoms with E-state index >= 15 is 0 Å². The van der Waals surface area contributed by atoms with E-state index in [4.69, 9.17) is 5.73 Å². The third-order valence-electron chi connectivity index (χ3n) is 2.63. The van der Waals surface area contributed by atoms with Crippen molar-refractivity contribution in [1.29, 1.82) is 0 Å². The fourth-order valence-electron chi connectivity index (χ4n) is 1.45. The molecule has 9 heteroatoms. The van der Waals surface area contributed by atoms with Crippen molar-refractivity contribution in [2.75, 3.05) is 13.6 Å². The van der Waals surface area contributed by atoms with Crippen molar-refractivity contribution in [3.8, 4) is 0 Å². The van der Waals surface area contributed by atoms with Gasteiger partial charge in [0.25, 0.3) is 0 Å². The maximum Gasteiger partial charge on any atom is 0.390 e. The fraction of sp³-hybridized carbons (Fsp3) is 0.455. The van der Waals surface area contributed by atoms with E-state index in [0.717, 1.165) is 19.2 Å². The number of alkyl halides is 3. The van der Waals surface area contributed by atoms with Gasteiger partial charge in [-0.2, -0.15) is 13.2 Å². The second kappa shape index (κ2) is 6.06. The standard InChI is InChI=1S/C11H14F4N2O2S/c1-17(5-4-11(13,14)15)20(18,19)10-3-2-8(7-16)6-9(10)12/h2-3,6H,4-5,7,16H2,1H3. The first-order valence-corrected chi connectivity index (χ1v) is 7.03. The molecule has 0 aliphatic carbocycles. The Hall–Kier alpha value is -1.19. The first-order valence-electron chi connectivity index (χ1n) is 5.59. The molecule has 0 heterocycles. The van der Waals surface area contributed by atoms with Crippen molar-refractivity contribution >= 4 is 10.0 Å². The normalized spacial score (nSPS) is 12.9. The number of hydrogen-bond acceptors (Lipinski definition) is 3. The number of nitrogens with zero attached hydrogens (tertiary/aromatic N) is 1. The van der Waals surface area contributed by atoms with Crippen LogP contribution in [-0.4, -0.2) is 32.5 Å². The summed E-state index contributed by atoms with van der Waals surface area (Å²) in [7, 11) is -3.33. The van der Waals surface area contributed by atoms with Gasteiger partial charge < -0.3 is 5.73 Å². The molecule has 4 nitrogen and oxygen atoms in total. The molecule has 20 heavy (non-hydrogen) atoms. The predicted molar refractivity (Wildman–Crippen MR) is 64.8 cm³/mol. The highest BCUT2D eigenvalue weighted by molar-refractivity contribution is 7.89. The number of nitrogens with two attached hydrogens (primary N) is 1. The molecule has 0 saturated heterocycles. The van der Waals surface area contributed by atoms with Gasteiger partial charge in [0, 0.05) is 20.1 Å². The van der Waals surface area contributed by atoms with E-state index in [0.29, 0.717) is 9.87 Å². The second-order valence-electron chi connectivity index (χ2n) is 4.16. The fourth-order valence-corrected chi connectivity index (χ4v) is 2.67. The van der Waals surface area contributed by atoms with Crippen LogP contribution < -0.4 is 5.73 Å². The monoisotopic (exact) mass is 314 g/mol. The van der Waals surface area contributed by atoms with Gasteiger partial charge in [0.05, 0.1) is 6.42 Å². The molecular weight excluding hydrogens is 300 g/mol. The van der Waals surface area contributed by atoms with Crippen LogP contribution in [-0.2, 0) is 16.6 Å². The lowest BCUT2D eigenvalue weighted by molar-refractivity contribution is -0.135. The highest BCUT2D eigenvalue weighted by atomic mass is 32.2. The van der Waals surface area contributed by atoms with Gasteiger partial charge in [0.1, 0.15) is 10.7 Å². The number of sulfonamides is 1. The number of benzene rings is 1. The average molecular weight is 314 g/mol. The summed E-state index contributed by atoms with van der Waals surface area (Å²) in [5.41, 5.74) is 5.67. The molecule has 0 aromatic heterocycles. The van der Waals surface area contributed by atoms with E-state index in [9.17, 15) is 26.0 Å². The Kier molecular flexibility index (Phi) is 5.11. The summed E-state index contributed by atoms with van der Waals surface area (Å²) in [6, 6.07) is 3.26. The number of rotatable bonds is 5.